The highest BCUT2D eigenvalue weighted by atomic mass is 32.2. The summed E-state index contributed by atoms with van der Waals surface area (Å²) in [5, 5.41) is 6.70. The third kappa shape index (κ3) is 5.93. The fraction of sp³-hybridized carbons (Fsp3) is 0.0952. The number of hydrogen-bond donors (Lipinski definition) is 2. The molecular weight excluding hydrogens is 344 g/mol. The quantitative estimate of drug-likeness (QED) is 0.530. The Bertz CT molecular complexity index is 787. The van der Waals surface area contributed by atoms with Crippen LogP contribution in [0.25, 0.3) is 0 Å². The van der Waals surface area contributed by atoms with Crippen LogP contribution in [0.5, 0.6) is 0 Å². The van der Waals surface area contributed by atoms with Crippen LogP contribution < -0.4 is 10.6 Å². The SMILES string of the molecule is S=C(Nc1ccc(NCc2ccccc2)cc1)SCc1ccccc1. The Morgan fingerprint density at radius 2 is 1.28 bits per heavy atom. The third-order valence-corrected chi connectivity index (χ3v) is 4.98. The highest BCUT2D eigenvalue weighted by molar-refractivity contribution is 8.22. The highest BCUT2D eigenvalue weighted by Crippen LogP contribution is 2.19. The number of hydrogen-bond acceptors (Lipinski definition) is 3. The van der Waals surface area contributed by atoms with Crippen LogP contribution in [0.15, 0.2) is 84.9 Å². The first kappa shape index (κ1) is 17.5. The Kier molecular flexibility index (Phi) is 6.48. The first-order chi connectivity index (χ1) is 12.3. The summed E-state index contributed by atoms with van der Waals surface area (Å²) in [4.78, 5) is 0. The van der Waals surface area contributed by atoms with Crippen LogP contribution in [0.3, 0.4) is 0 Å². The first-order valence-electron chi connectivity index (χ1n) is 8.15. The molecule has 2 nitrogen and oxygen atoms in total. The zero-order valence-electron chi connectivity index (χ0n) is 13.8. The molecule has 126 valence electrons. The summed E-state index contributed by atoms with van der Waals surface area (Å²) in [7, 11) is 0. The molecule has 0 saturated carbocycles. The maximum Gasteiger partial charge on any atom is 0.138 e. The Hall–Kier alpha value is -2.30. The van der Waals surface area contributed by atoms with Gasteiger partial charge in [0.1, 0.15) is 4.32 Å². The summed E-state index contributed by atoms with van der Waals surface area (Å²) < 4.78 is 0.786. The van der Waals surface area contributed by atoms with Crippen molar-refractivity contribution in [3.63, 3.8) is 0 Å². The average Bonchev–Trinajstić information content (AvgIpc) is 2.67. The van der Waals surface area contributed by atoms with Gasteiger partial charge >= 0.3 is 0 Å². The molecule has 3 aromatic rings. The second-order valence-corrected chi connectivity index (χ2v) is 7.26. The van der Waals surface area contributed by atoms with Crippen LogP contribution in [0.2, 0.25) is 0 Å². The minimum absolute atomic E-state index is 0.786. The first-order valence-corrected chi connectivity index (χ1v) is 9.54. The van der Waals surface area contributed by atoms with Crippen molar-refractivity contribution in [3.8, 4) is 0 Å². The summed E-state index contributed by atoms with van der Waals surface area (Å²) in [6.07, 6.45) is 0. The molecule has 2 N–H and O–H groups in total. The van der Waals surface area contributed by atoms with Gasteiger partial charge in [-0.3, -0.25) is 0 Å². The Morgan fingerprint density at radius 3 is 1.92 bits per heavy atom. The van der Waals surface area contributed by atoms with E-state index in [1.807, 2.05) is 36.4 Å². The van der Waals surface area contributed by atoms with Crippen molar-refractivity contribution in [2.75, 3.05) is 10.6 Å². The van der Waals surface area contributed by atoms with E-state index in [4.69, 9.17) is 12.2 Å². The van der Waals surface area contributed by atoms with Crippen molar-refractivity contribution in [2.24, 2.45) is 0 Å². The molecule has 0 aliphatic carbocycles. The van der Waals surface area contributed by atoms with E-state index in [1.54, 1.807) is 11.8 Å². The standard InChI is InChI=1S/C21H20N2S2/c24-21(25-16-18-9-5-2-6-10-18)23-20-13-11-19(12-14-20)22-15-17-7-3-1-4-8-17/h1-14,22H,15-16H2,(H,23,24). The number of nitrogens with one attached hydrogen (secondary N) is 2. The van der Waals surface area contributed by atoms with Crippen molar-refractivity contribution < 1.29 is 0 Å². The van der Waals surface area contributed by atoms with Gasteiger partial charge in [-0.05, 0) is 35.4 Å². The Labute approximate surface area is 158 Å². The van der Waals surface area contributed by atoms with Crippen molar-refractivity contribution in [2.45, 2.75) is 12.3 Å². The van der Waals surface area contributed by atoms with Crippen molar-refractivity contribution >= 4 is 39.7 Å². The molecule has 3 rings (SSSR count). The molecule has 0 aromatic heterocycles. The van der Waals surface area contributed by atoms with Crippen LogP contribution in [0, 0.1) is 0 Å². The van der Waals surface area contributed by atoms with Crippen molar-refractivity contribution in [1.29, 1.82) is 0 Å². The predicted molar refractivity (Wildman–Crippen MR) is 114 cm³/mol. The molecule has 0 unspecified atom stereocenters. The zero-order chi connectivity index (χ0) is 17.3. The predicted octanol–water partition coefficient (Wildman–Crippen LogP) is 5.93. The smallest absolute Gasteiger partial charge is 0.138 e. The molecule has 0 fully saturated rings. The van der Waals surface area contributed by atoms with Gasteiger partial charge in [0.05, 0.1) is 0 Å². The zero-order valence-corrected chi connectivity index (χ0v) is 15.4. The number of benzene rings is 3. The molecule has 0 amide bonds. The van der Waals surface area contributed by atoms with Gasteiger partial charge < -0.3 is 10.6 Å². The average molecular weight is 365 g/mol. The summed E-state index contributed by atoms with van der Waals surface area (Å²) >= 11 is 7.06. The molecule has 25 heavy (non-hydrogen) atoms. The largest absolute Gasteiger partial charge is 0.381 e. The number of rotatable bonds is 6. The minimum Gasteiger partial charge on any atom is -0.381 e. The van der Waals surface area contributed by atoms with E-state index in [-0.39, 0.29) is 0 Å². The lowest BCUT2D eigenvalue weighted by Crippen LogP contribution is -2.05. The molecule has 0 saturated heterocycles. The number of thiocarbonyl (C=S) groups is 1. The highest BCUT2D eigenvalue weighted by Gasteiger charge is 2.01. The van der Waals surface area contributed by atoms with Crippen LogP contribution in [-0.4, -0.2) is 4.32 Å². The fourth-order valence-corrected chi connectivity index (χ4v) is 3.32. The van der Waals surface area contributed by atoms with Gasteiger partial charge in [-0.1, -0.05) is 84.6 Å². The van der Waals surface area contributed by atoms with E-state index in [0.717, 1.165) is 28.0 Å². The van der Waals surface area contributed by atoms with Gasteiger partial charge in [0.15, 0.2) is 0 Å². The van der Waals surface area contributed by atoms with E-state index < -0.39 is 0 Å². The Balaban J connectivity index is 1.46. The molecule has 0 bridgehead atoms. The summed E-state index contributed by atoms with van der Waals surface area (Å²) in [6, 6.07) is 28.9. The topological polar surface area (TPSA) is 24.1 Å². The molecule has 3 aromatic carbocycles. The lowest BCUT2D eigenvalue weighted by Gasteiger charge is -2.10. The van der Waals surface area contributed by atoms with Crippen molar-refractivity contribution in [1.82, 2.24) is 0 Å². The Morgan fingerprint density at radius 1 is 0.720 bits per heavy atom. The van der Waals surface area contributed by atoms with Crippen LogP contribution >= 0.6 is 24.0 Å². The fourth-order valence-electron chi connectivity index (χ4n) is 2.35. The van der Waals surface area contributed by atoms with Gasteiger partial charge in [0.25, 0.3) is 0 Å². The molecule has 0 spiro atoms. The van der Waals surface area contributed by atoms with Crippen LogP contribution in [0.4, 0.5) is 11.4 Å². The summed E-state index contributed by atoms with van der Waals surface area (Å²) in [5.41, 5.74) is 4.65. The molecule has 0 atom stereocenters. The number of anilines is 2. The molecule has 0 aliphatic heterocycles. The van der Waals surface area contributed by atoms with E-state index in [2.05, 4.69) is 59.2 Å². The maximum atomic E-state index is 5.42. The normalized spacial score (nSPS) is 10.2. The monoisotopic (exact) mass is 364 g/mol. The van der Waals surface area contributed by atoms with Crippen LogP contribution in [0.1, 0.15) is 11.1 Å². The molecule has 4 heteroatoms. The molecule has 0 aliphatic rings. The van der Waals surface area contributed by atoms with E-state index in [9.17, 15) is 0 Å². The van der Waals surface area contributed by atoms with E-state index >= 15 is 0 Å². The molecule has 0 heterocycles. The maximum absolute atomic E-state index is 5.42. The third-order valence-electron chi connectivity index (χ3n) is 3.68. The second-order valence-electron chi connectivity index (χ2n) is 5.60. The van der Waals surface area contributed by atoms with Crippen molar-refractivity contribution in [3.05, 3.63) is 96.1 Å². The lowest BCUT2D eigenvalue weighted by molar-refractivity contribution is 1.15. The van der Waals surface area contributed by atoms with E-state index in [1.165, 1.54) is 11.1 Å². The van der Waals surface area contributed by atoms with Gasteiger partial charge in [0, 0.05) is 23.7 Å². The number of thioether (sulfide) groups is 1. The summed E-state index contributed by atoms with van der Waals surface area (Å²) in [6.45, 7) is 0.818. The minimum atomic E-state index is 0.786. The van der Waals surface area contributed by atoms with Gasteiger partial charge in [-0.15, -0.1) is 0 Å². The van der Waals surface area contributed by atoms with Gasteiger partial charge in [-0.2, -0.15) is 0 Å². The molecule has 0 radical (unpaired) electrons. The van der Waals surface area contributed by atoms with E-state index in [0.29, 0.717) is 0 Å². The van der Waals surface area contributed by atoms with Crippen LogP contribution in [-0.2, 0) is 12.3 Å². The second kappa shape index (κ2) is 9.25. The van der Waals surface area contributed by atoms with Gasteiger partial charge in [-0.25, -0.2) is 0 Å². The summed E-state index contributed by atoms with van der Waals surface area (Å²) in [5.74, 6) is 0.878. The molecular formula is C21H20N2S2. The van der Waals surface area contributed by atoms with Gasteiger partial charge in [0.2, 0.25) is 0 Å². The lowest BCUT2D eigenvalue weighted by atomic mass is 10.2.